The van der Waals surface area contributed by atoms with Crippen molar-refractivity contribution in [2.75, 3.05) is 68.7 Å². The van der Waals surface area contributed by atoms with Crippen molar-refractivity contribution < 1.29 is 33.6 Å². The van der Waals surface area contributed by atoms with Crippen molar-refractivity contribution in [3.63, 3.8) is 0 Å². The van der Waals surface area contributed by atoms with E-state index >= 15 is 0 Å². The molecule has 1 aliphatic carbocycles. The van der Waals surface area contributed by atoms with Crippen molar-refractivity contribution in [1.82, 2.24) is 14.7 Å². The molecule has 3 aliphatic rings. The average molecular weight is 624 g/mol. The predicted octanol–water partition coefficient (Wildman–Crippen LogP) is 4.37. The summed E-state index contributed by atoms with van der Waals surface area (Å²) < 4.78 is 23.0. The fourth-order valence-corrected chi connectivity index (χ4v) is 8.25. The van der Waals surface area contributed by atoms with Crippen LogP contribution in [0.15, 0.2) is 24.3 Å². The topological polar surface area (TPSA) is 101 Å². The van der Waals surface area contributed by atoms with E-state index in [0.717, 1.165) is 36.2 Å². The smallest absolute Gasteiger partial charge is 0.306 e. The van der Waals surface area contributed by atoms with Gasteiger partial charge in [-0.3, -0.25) is 14.5 Å². The van der Waals surface area contributed by atoms with E-state index in [0.29, 0.717) is 68.2 Å². The molecule has 45 heavy (non-hydrogen) atoms. The van der Waals surface area contributed by atoms with Crippen LogP contribution in [0.3, 0.4) is 0 Å². The van der Waals surface area contributed by atoms with Gasteiger partial charge in [0.05, 0.1) is 39.9 Å². The highest BCUT2D eigenvalue weighted by Gasteiger charge is 2.57. The summed E-state index contributed by atoms with van der Waals surface area (Å²) in [6, 6.07) is 8.11. The van der Waals surface area contributed by atoms with Gasteiger partial charge in [0.25, 0.3) is 0 Å². The molecule has 0 radical (unpaired) electrons. The summed E-state index contributed by atoms with van der Waals surface area (Å²) in [6.07, 6.45) is 3.38. The largest absolute Gasteiger partial charge is 0.493 e. The molecule has 10 heteroatoms. The fourth-order valence-electron chi connectivity index (χ4n) is 8.25. The zero-order chi connectivity index (χ0) is 32.5. The third-order valence-electron chi connectivity index (χ3n) is 10.4. The van der Waals surface area contributed by atoms with E-state index in [1.807, 2.05) is 19.0 Å². The van der Waals surface area contributed by atoms with Gasteiger partial charge in [-0.05, 0) is 99.3 Å². The third kappa shape index (κ3) is 5.83. The molecule has 2 aromatic rings. The van der Waals surface area contributed by atoms with Gasteiger partial charge in [0.1, 0.15) is 0 Å². The number of fused-ring (bicyclic) bond motifs is 3. The van der Waals surface area contributed by atoms with Crippen LogP contribution < -0.4 is 18.9 Å². The van der Waals surface area contributed by atoms with Gasteiger partial charge in [0.15, 0.2) is 23.0 Å². The van der Waals surface area contributed by atoms with Crippen molar-refractivity contribution in [3.8, 4) is 23.0 Å². The maximum absolute atomic E-state index is 14.4. The minimum absolute atomic E-state index is 0.0919. The molecule has 2 aliphatic heterocycles. The number of hydrogen-bond acceptors (Lipinski definition) is 8. The molecule has 0 saturated heterocycles. The summed E-state index contributed by atoms with van der Waals surface area (Å²) in [6.45, 7) is 4.96. The van der Waals surface area contributed by atoms with Crippen LogP contribution in [-0.2, 0) is 28.0 Å². The Bertz CT molecular complexity index is 1410. The van der Waals surface area contributed by atoms with E-state index < -0.39 is 17.4 Å². The zero-order valence-corrected chi connectivity index (χ0v) is 27.9. The quantitative estimate of drug-likeness (QED) is 0.414. The van der Waals surface area contributed by atoms with Gasteiger partial charge in [-0.1, -0.05) is 6.92 Å². The van der Waals surface area contributed by atoms with Crippen LogP contribution in [0.5, 0.6) is 23.0 Å². The number of rotatable bonds is 10. The molecule has 2 aromatic carbocycles. The first kappa shape index (κ1) is 32.9. The highest BCUT2D eigenvalue weighted by atomic mass is 16.5. The first-order valence-corrected chi connectivity index (χ1v) is 16.1. The van der Waals surface area contributed by atoms with Crippen LogP contribution >= 0.6 is 0 Å². The minimum atomic E-state index is -0.782. The van der Waals surface area contributed by atoms with E-state index in [1.165, 1.54) is 5.56 Å². The normalized spacial score (nSPS) is 24.6. The summed E-state index contributed by atoms with van der Waals surface area (Å²) in [5, 5.41) is 10.4. The van der Waals surface area contributed by atoms with E-state index in [-0.39, 0.29) is 17.9 Å². The molecular weight excluding hydrogens is 574 g/mol. The lowest BCUT2D eigenvalue weighted by atomic mass is 9.58. The number of nitrogens with zero attached hydrogens (tertiary/aromatic N) is 3. The second kappa shape index (κ2) is 13.5. The Labute approximate surface area is 267 Å². The molecule has 246 valence electrons. The summed E-state index contributed by atoms with van der Waals surface area (Å²) in [5.41, 5.74) is 3.70. The Hall–Kier alpha value is -3.50. The van der Waals surface area contributed by atoms with Crippen molar-refractivity contribution in [2.45, 2.75) is 57.0 Å². The summed E-state index contributed by atoms with van der Waals surface area (Å²) in [7, 11) is 10.5. The Morgan fingerprint density at radius 2 is 1.51 bits per heavy atom. The molecule has 5 rings (SSSR count). The second-order valence-corrected chi connectivity index (χ2v) is 12.8. The first-order valence-electron chi connectivity index (χ1n) is 16.1. The maximum atomic E-state index is 14.4. The summed E-state index contributed by atoms with van der Waals surface area (Å²) in [5.74, 6) is 1.17. The van der Waals surface area contributed by atoms with E-state index in [2.05, 4.69) is 41.0 Å². The molecular formula is C35H49N3O7. The van der Waals surface area contributed by atoms with Crippen molar-refractivity contribution in [2.24, 2.45) is 11.8 Å². The van der Waals surface area contributed by atoms with Crippen LogP contribution in [0.25, 0.3) is 0 Å². The van der Waals surface area contributed by atoms with Gasteiger partial charge in [-0.25, -0.2) is 0 Å². The summed E-state index contributed by atoms with van der Waals surface area (Å²) >= 11 is 0. The third-order valence-corrected chi connectivity index (χ3v) is 10.4. The molecule has 1 fully saturated rings. The molecule has 1 unspecified atom stereocenters. The van der Waals surface area contributed by atoms with Crippen LogP contribution in [-0.4, -0.2) is 100 Å². The molecule has 1 saturated carbocycles. The number of hydrogen-bond donors (Lipinski definition) is 1. The Morgan fingerprint density at radius 1 is 0.911 bits per heavy atom. The number of likely N-dealkylation sites (N-methyl/N-ethyl adjacent to an activating group) is 1. The molecule has 1 amide bonds. The molecule has 2 heterocycles. The van der Waals surface area contributed by atoms with Gasteiger partial charge in [-0.2, -0.15) is 0 Å². The number of carbonyl (C=O) groups excluding carboxylic acids is 1. The monoisotopic (exact) mass is 623 g/mol. The predicted molar refractivity (Wildman–Crippen MR) is 172 cm³/mol. The molecule has 4 atom stereocenters. The van der Waals surface area contributed by atoms with Crippen LogP contribution in [0, 0.1) is 11.8 Å². The van der Waals surface area contributed by atoms with Gasteiger partial charge in [-0.15, -0.1) is 0 Å². The van der Waals surface area contributed by atoms with Crippen LogP contribution in [0.2, 0.25) is 0 Å². The van der Waals surface area contributed by atoms with Crippen LogP contribution in [0.1, 0.15) is 60.9 Å². The van der Waals surface area contributed by atoms with Gasteiger partial charge >= 0.3 is 5.97 Å². The standard InChI is InChI=1S/C35H49N3O7/c1-8-37-15-10-22-18-28(42-4)30(44-6)20-25(22)33(37)27-17-24(34(40)41)9-13-35(27)26-21-31(45-7)29(43-5)19-23(26)11-16-38(35)32(39)12-14-36(2)3/h18-21,24,27,33H,8-17H2,1-7H3,(H,40,41)/t24-,27-,33?,35+/m1/s1. The Morgan fingerprint density at radius 3 is 2.11 bits per heavy atom. The van der Waals surface area contributed by atoms with E-state index in [4.69, 9.17) is 18.9 Å². The fraction of sp³-hybridized carbons (Fsp3) is 0.600. The first-order chi connectivity index (χ1) is 21.6. The number of carbonyl (C=O) groups is 2. The SMILES string of the molecule is CCN1CCc2cc(OC)c(OC)cc2C1[C@H]1C[C@H](C(=O)O)CC[C@]12c1cc(OC)c(OC)cc1CCN2C(=O)CCN(C)C. The van der Waals surface area contributed by atoms with Gasteiger partial charge < -0.3 is 33.9 Å². The van der Waals surface area contributed by atoms with E-state index in [1.54, 1.807) is 28.4 Å². The Kier molecular flexibility index (Phi) is 9.84. The molecule has 1 spiro atoms. The highest BCUT2D eigenvalue weighted by molar-refractivity contribution is 5.79. The lowest BCUT2D eigenvalue weighted by Gasteiger charge is -2.59. The molecule has 0 aromatic heterocycles. The average Bonchev–Trinajstić information content (AvgIpc) is 3.05. The number of benzene rings is 2. The van der Waals surface area contributed by atoms with Gasteiger partial charge in [0.2, 0.25) is 5.91 Å². The van der Waals surface area contributed by atoms with Crippen molar-refractivity contribution >= 4 is 11.9 Å². The number of carboxylic acids is 1. The number of methoxy groups -OCH3 is 4. The van der Waals surface area contributed by atoms with Crippen molar-refractivity contribution in [1.29, 1.82) is 0 Å². The number of carboxylic acid groups (broad SMARTS) is 1. The Balaban J connectivity index is 1.79. The minimum Gasteiger partial charge on any atom is -0.493 e. The summed E-state index contributed by atoms with van der Waals surface area (Å²) in [4.78, 5) is 33.6. The number of ether oxygens (including phenoxy) is 4. The second-order valence-electron chi connectivity index (χ2n) is 12.8. The van der Waals surface area contributed by atoms with Gasteiger partial charge in [0, 0.05) is 38.0 Å². The van der Waals surface area contributed by atoms with Crippen LogP contribution in [0.4, 0.5) is 0 Å². The lowest BCUT2D eigenvalue weighted by molar-refractivity contribution is -0.155. The molecule has 10 nitrogen and oxygen atoms in total. The molecule has 0 bridgehead atoms. The molecule has 1 N–H and O–H groups in total. The van der Waals surface area contributed by atoms with Crippen molar-refractivity contribution in [3.05, 3.63) is 46.5 Å². The highest BCUT2D eigenvalue weighted by Crippen LogP contribution is 2.59. The number of amides is 1. The maximum Gasteiger partial charge on any atom is 0.306 e. The number of aliphatic carboxylic acids is 1. The van der Waals surface area contributed by atoms with E-state index in [9.17, 15) is 14.7 Å². The lowest BCUT2D eigenvalue weighted by Crippen LogP contribution is -2.62. The zero-order valence-electron chi connectivity index (χ0n) is 27.9.